The van der Waals surface area contributed by atoms with E-state index >= 15 is 0 Å². The van der Waals surface area contributed by atoms with E-state index in [1.54, 1.807) is 16.7 Å². The lowest BCUT2D eigenvalue weighted by Gasteiger charge is -2.49. The normalized spacial score (nSPS) is 19.6. The number of anilines is 1. The molecule has 3 aromatic rings. The summed E-state index contributed by atoms with van der Waals surface area (Å²) in [6, 6.07) is 0.990. The van der Waals surface area contributed by atoms with E-state index in [-0.39, 0.29) is 27.6 Å². The van der Waals surface area contributed by atoms with Gasteiger partial charge in [0.2, 0.25) is 0 Å². The van der Waals surface area contributed by atoms with Crippen molar-refractivity contribution in [3.05, 3.63) is 45.8 Å². The highest BCUT2D eigenvalue weighted by molar-refractivity contribution is 8.00. The highest BCUT2D eigenvalue weighted by Crippen LogP contribution is 2.40. The molecule has 1 unspecified atom stereocenters. The maximum Gasteiger partial charge on any atom is 0.352 e. The van der Waals surface area contributed by atoms with Crippen molar-refractivity contribution in [3.8, 4) is 0 Å². The van der Waals surface area contributed by atoms with Crippen molar-refractivity contribution >= 4 is 73.3 Å². The standard InChI is InChI=1S/C24H25N7O5S3/c1-24(2,3)22-26-12-5-6-30(8-14(12)39-22)7-11-9-37-20-16(19(33)31(20)17(11)21(34)35)28-18(32)15(29-36-4)13-10-38-23(25)27-13/h5-6,8,10,16,20H,7,9H2,1-4H3,(H3-,25,27,28,32,34,35)/p+1/t16?,20-/m0/s1. The van der Waals surface area contributed by atoms with Crippen LogP contribution < -0.4 is 15.6 Å². The molecule has 4 N–H and O–H groups in total. The molecule has 5 heterocycles. The summed E-state index contributed by atoms with van der Waals surface area (Å²) in [5.41, 5.74) is 7.12. The number of fused-ring (bicyclic) bond motifs is 2. The summed E-state index contributed by atoms with van der Waals surface area (Å²) >= 11 is 4.14. The van der Waals surface area contributed by atoms with Gasteiger partial charge < -0.3 is 21.0 Å². The average molecular weight is 589 g/mol. The number of carbonyl (C=O) groups excluding carboxylic acids is 2. The van der Waals surface area contributed by atoms with E-state index in [2.05, 4.69) is 36.2 Å². The van der Waals surface area contributed by atoms with E-state index in [9.17, 15) is 19.5 Å². The summed E-state index contributed by atoms with van der Waals surface area (Å²) < 4.78 is 2.90. The SMILES string of the molecule is CON=C(C(=O)NC1C(=O)N2C(C(=O)O)=C(C[n+]3ccc4nc(C(C)(C)C)sc4c3)CS[C@@H]12)c1csc(N)n1. The molecule has 0 bridgehead atoms. The van der Waals surface area contributed by atoms with Gasteiger partial charge in [-0.2, -0.15) is 4.57 Å². The zero-order valence-corrected chi connectivity index (χ0v) is 23.9. The number of amides is 2. The fourth-order valence-electron chi connectivity index (χ4n) is 4.26. The number of β-lactam (4-membered cyclic amide) rings is 1. The number of oxime groups is 1. The van der Waals surface area contributed by atoms with Gasteiger partial charge in [-0.1, -0.05) is 25.9 Å². The van der Waals surface area contributed by atoms with Gasteiger partial charge >= 0.3 is 5.97 Å². The smallest absolute Gasteiger partial charge is 0.352 e. The van der Waals surface area contributed by atoms with Crippen molar-refractivity contribution < 1.29 is 28.9 Å². The number of carboxylic acid groups (broad SMARTS) is 1. The van der Waals surface area contributed by atoms with Crippen LogP contribution >= 0.6 is 34.4 Å². The molecule has 5 rings (SSSR count). The van der Waals surface area contributed by atoms with Crippen LogP contribution in [-0.2, 0) is 31.2 Å². The van der Waals surface area contributed by atoms with Gasteiger partial charge in [0.25, 0.3) is 11.8 Å². The van der Waals surface area contributed by atoms with Crippen molar-refractivity contribution in [2.24, 2.45) is 5.16 Å². The highest BCUT2D eigenvalue weighted by atomic mass is 32.2. The zero-order chi connectivity index (χ0) is 28.1. The number of aromatic nitrogens is 3. The molecule has 3 aromatic heterocycles. The van der Waals surface area contributed by atoms with Crippen LogP contribution in [0.3, 0.4) is 0 Å². The van der Waals surface area contributed by atoms with Crippen molar-refractivity contribution in [1.29, 1.82) is 0 Å². The molecule has 0 spiro atoms. The molecule has 39 heavy (non-hydrogen) atoms. The second-order valence-electron chi connectivity index (χ2n) is 9.95. The molecule has 2 atom stereocenters. The van der Waals surface area contributed by atoms with E-state index < -0.39 is 29.2 Å². The first-order valence-corrected chi connectivity index (χ1v) is 14.6. The molecule has 0 saturated carbocycles. The number of nitrogen functional groups attached to an aromatic ring is 1. The van der Waals surface area contributed by atoms with Crippen molar-refractivity contribution in [2.75, 3.05) is 18.6 Å². The van der Waals surface area contributed by atoms with Crippen LogP contribution in [0.25, 0.3) is 10.2 Å². The molecule has 204 valence electrons. The van der Waals surface area contributed by atoms with E-state index in [0.717, 1.165) is 26.6 Å². The third-order valence-electron chi connectivity index (χ3n) is 6.10. The monoisotopic (exact) mass is 588 g/mol. The number of nitrogens with zero attached hydrogens (tertiary/aromatic N) is 5. The summed E-state index contributed by atoms with van der Waals surface area (Å²) in [5, 5.41) is 18.7. The molecule has 15 heteroatoms. The predicted octanol–water partition coefficient (Wildman–Crippen LogP) is 1.71. The Kier molecular flexibility index (Phi) is 7.07. The van der Waals surface area contributed by atoms with E-state index in [4.69, 9.17) is 15.6 Å². The van der Waals surface area contributed by atoms with Crippen LogP contribution in [0.4, 0.5) is 5.13 Å². The van der Waals surface area contributed by atoms with Crippen molar-refractivity contribution in [1.82, 2.24) is 20.2 Å². The fourth-order valence-corrected chi connectivity index (χ4v) is 7.21. The number of pyridine rings is 1. The van der Waals surface area contributed by atoms with Crippen LogP contribution in [0.15, 0.2) is 40.3 Å². The fraction of sp³-hybridized carbons (Fsp3) is 0.375. The first kappa shape index (κ1) is 27.0. The van der Waals surface area contributed by atoms with Crippen LogP contribution in [0, 0.1) is 0 Å². The van der Waals surface area contributed by atoms with Gasteiger partial charge in [-0.05, 0) is 0 Å². The van der Waals surface area contributed by atoms with Crippen molar-refractivity contribution in [3.63, 3.8) is 0 Å². The Balaban J connectivity index is 1.36. The maximum absolute atomic E-state index is 13.1. The summed E-state index contributed by atoms with van der Waals surface area (Å²) in [4.78, 5) is 53.2. The third kappa shape index (κ3) is 5.08. The Morgan fingerprint density at radius 3 is 2.77 bits per heavy atom. The number of aliphatic carboxylic acids is 1. The molecule has 0 aliphatic carbocycles. The summed E-state index contributed by atoms with van der Waals surface area (Å²) in [5.74, 6) is -1.99. The van der Waals surface area contributed by atoms with Gasteiger partial charge in [0, 0.05) is 28.2 Å². The Morgan fingerprint density at radius 2 is 2.13 bits per heavy atom. The lowest BCUT2D eigenvalue weighted by molar-refractivity contribution is -0.687. The average Bonchev–Trinajstić information content (AvgIpc) is 3.51. The van der Waals surface area contributed by atoms with Gasteiger partial charge in [-0.15, -0.1) is 34.4 Å². The Morgan fingerprint density at radius 1 is 1.36 bits per heavy atom. The van der Waals surface area contributed by atoms with Crippen LogP contribution in [0.1, 0.15) is 31.5 Å². The number of nitrogens with one attached hydrogen (secondary N) is 1. The Labute approximate surface area is 235 Å². The Bertz CT molecular complexity index is 1550. The molecule has 12 nitrogen and oxygen atoms in total. The van der Waals surface area contributed by atoms with Crippen molar-refractivity contribution in [2.45, 2.75) is 44.1 Å². The highest BCUT2D eigenvalue weighted by Gasteiger charge is 2.54. The number of thiazole rings is 2. The molecular formula is C24H26N7O5S3+. The lowest BCUT2D eigenvalue weighted by Crippen LogP contribution is -2.71. The maximum atomic E-state index is 13.1. The molecule has 2 aliphatic rings. The predicted molar refractivity (Wildman–Crippen MR) is 148 cm³/mol. The van der Waals surface area contributed by atoms with Crippen LogP contribution in [0.5, 0.6) is 0 Å². The zero-order valence-electron chi connectivity index (χ0n) is 21.5. The molecule has 1 fully saturated rings. The number of hydrogen-bond acceptors (Lipinski definition) is 11. The number of hydrogen-bond donors (Lipinski definition) is 3. The van der Waals surface area contributed by atoms with E-state index in [1.807, 2.05) is 23.0 Å². The van der Waals surface area contributed by atoms with Gasteiger partial charge in [0.15, 0.2) is 29.8 Å². The van der Waals surface area contributed by atoms with E-state index in [0.29, 0.717) is 17.9 Å². The second kappa shape index (κ2) is 10.2. The molecule has 1 saturated heterocycles. The summed E-state index contributed by atoms with van der Waals surface area (Å²) in [6.07, 6.45) is 3.81. The minimum absolute atomic E-state index is 0.0559. The minimum Gasteiger partial charge on any atom is -0.477 e. The topological polar surface area (TPSA) is 164 Å². The molecule has 0 radical (unpaired) electrons. The van der Waals surface area contributed by atoms with Crippen LogP contribution in [0.2, 0.25) is 0 Å². The molecule has 0 aromatic carbocycles. The quantitative estimate of drug-likeness (QED) is 0.161. The number of carboxylic acids is 1. The molecule has 2 aliphatic heterocycles. The third-order valence-corrected chi connectivity index (χ3v) is 9.55. The second-order valence-corrected chi connectivity index (χ2v) is 13.0. The number of rotatable bonds is 7. The van der Waals surface area contributed by atoms with Gasteiger partial charge in [0.05, 0.1) is 10.5 Å². The van der Waals surface area contributed by atoms with Gasteiger partial charge in [0.1, 0.15) is 34.6 Å². The Hall–Kier alpha value is -3.56. The number of thioether (sulfide) groups is 1. The minimum atomic E-state index is -1.19. The number of nitrogens with two attached hydrogens (primary N) is 1. The first-order valence-electron chi connectivity index (χ1n) is 11.8. The summed E-state index contributed by atoms with van der Waals surface area (Å²) in [6.45, 7) is 6.63. The summed E-state index contributed by atoms with van der Waals surface area (Å²) in [7, 11) is 1.29. The van der Waals surface area contributed by atoms with E-state index in [1.165, 1.54) is 23.8 Å². The molecular weight excluding hydrogens is 563 g/mol. The largest absolute Gasteiger partial charge is 0.477 e. The lowest BCUT2D eigenvalue weighted by atomic mass is 9.98. The number of carbonyl (C=O) groups is 3. The molecule has 2 amide bonds. The van der Waals surface area contributed by atoms with Gasteiger partial charge in [-0.3, -0.25) is 14.5 Å². The van der Waals surface area contributed by atoms with Gasteiger partial charge in [-0.25, -0.2) is 14.8 Å². The first-order chi connectivity index (χ1) is 18.5. The van der Waals surface area contributed by atoms with Crippen LogP contribution in [-0.4, -0.2) is 67.7 Å².